The summed E-state index contributed by atoms with van der Waals surface area (Å²) < 4.78 is 0. The van der Waals surface area contributed by atoms with Crippen molar-refractivity contribution in [2.24, 2.45) is 10.7 Å². The van der Waals surface area contributed by atoms with Gasteiger partial charge in [0.1, 0.15) is 0 Å². The largest absolute Gasteiger partial charge is 0.360 e. The standard InChI is InChI=1S/C11H15N3/c1-8(2)14-10-4-5-11(13-3)9(6-10)7-12/h4-6,14H,1,3,7,12H2,2H3. The first-order valence-corrected chi connectivity index (χ1v) is 4.39. The normalized spacial score (nSPS) is 9.57. The number of nitrogens with two attached hydrogens (primary N) is 1. The molecule has 74 valence electrons. The van der Waals surface area contributed by atoms with Crippen molar-refractivity contribution in [3.63, 3.8) is 0 Å². The highest BCUT2D eigenvalue weighted by Crippen LogP contribution is 2.22. The molecule has 0 bridgehead atoms. The molecule has 0 unspecified atom stereocenters. The van der Waals surface area contributed by atoms with Crippen LogP contribution in [-0.4, -0.2) is 6.72 Å². The van der Waals surface area contributed by atoms with Crippen LogP contribution in [0.1, 0.15) is 12.5 Å². The van der Waals surface area contributed by atoms with Gasteiger partial charge in [-0.15, -0.1) is 0 Å². The monoisotopic (exact) mass is 189 g/mol. The van der Waals surface area contributed by atoms with Gasteiger partial charge in [-0.25, -0.2) is 0 Å². The molecule has 0 aliphatic rings. The second kappa shape index (κ2) is 4.58. The third kappa shape index (κ3) is 2.44. The third-order valence-corrected chi connectivity index (χ3v) is 1.83. The van der Waals surface area contributed by atoms with E-state index in [1.807, 2.05) is 25.1 Å². The van der Waals surface area contributed by atoms with Crippen molar-refractivity contribution < 1.29 is 0 Å². The highest BCUT2D eigenvalue weighted by atomic mass is 14.9. The summed E-state index contributed by atoms with van der Waals surface area (Å²) in [6.45, 7) is 9.62. The Kier molecular flexibility index (Phi) is 3.42. The predicted octanol–water partition coefficient (Wildman–Crippen LogP) is 2.42. The van der Waals surface area contributed by atoms with E-state index in [1.54, 1.807) is 0 Å². The molecule has 1 aromatic carbocycles. The van der Waals surface area contributed by atoms with Crippen LogP contribution in [0.4, 0.5) is 11.4 Å². The number of anilines is 1. The summed E-state index contributed by atoms with van der Waals surface area (Å²) >= 11 is 0. The molecule has 0 aromatic heterocycles. The lowest BCUT2D eigenvalue weighted by molar-refractivity contribution is 1.07. The zero-order valence-electron chi connectivity index (χ0n) is 8.38. The summed E-state index contributed by atoms with van der Waals surface area (Å²) in [6, 6.07) is 5.77. The molecular weight excluding hydrogens is 174 g/mol. The first-order chi connectivity index (χ1) is 6.67. The lowest BCUT2D eigenvalue weighted by Gasteiger charge is -2.08. The Labute approximate surface area is 84.4 Å². The number of hydrogen-bond donors (Lipinski definition) is 2. The number of nitrogens with one attached hydrogen (secondary N) is 1. The first-order valence-electron chi connectivity index (χ1n) is 4.39. The molecule has 3 heteroatoms. The van der Waals surface area contributed by atoms with Crippen LogP contribution >= 0.6 is 0 Å². The van der Waals surface area contributed by atoms with Gasteiger partial charge in [-0.05, 0) is 37.4 Å². The van der Waals surface area contributed by atoms with Crippen molar-refractivity contribution in [1.29, 1.82) is 0 Å². The molecule has 1 aromatic rings. The number of hydrogen-bond acceptors (Lipinski definition) is 3. The average Bonchev–Trinajstić information content (AvgIpc) is 2.16. The highest BCUT2D eigenvalue weighted by Gasteiger charge is 2.00. The van der Waals surface area contributed by atoms with Crippen LogP contribution in [0.25, 0.3) is 0 Å². The van der Waals surface area contributed by atoms with E-state index in [2.05, 4.69) is 23.6 Å². The third-order valence-electron chi connectivity index (χ3n) is 1.83. The maximum Gasteiger partial charge on any atom is 0.0668 e. The maximum atomic E-state index is 5.59. The topological polar surface area (TPSA) is 50.4 Å². The van der Waals surface area contributed by atoms with Gasteiger partial charge in [-0.3, -0.25) is 4.99 Å². The fourth-order valence-electron chi connectivity index (χ4n) is 1.23. The SMILES string of the molecule is C=Nc1ccc(NC(=C)C)cc1CN. The van der Waals surface area contributed by atoms with Crippen LogP contribution in [0.3, 0.4) is 0 Å². The summed E-state index contributed by atoms with van der Waals surface area (Å²) in [6.07, 6.45) is 0. The predicted molar refractivity (Wildman–Crippen MR) is 62.0 cm³/mol. The quantitative estimate of drug-likeness (QED) is 0.715. The van der Waals surface area contributed by atoms with Crippen LogP contribution < -0.4 is 11.1 Å². The van der Waals surface area contributed by atoms with E-state index in [0.717, 1.165) is 22.6 Å². The smallest absolute Gasteiger partial charge is 0.0668 e. The van der Waals surface area contributed by atoms with E-state index in [1.165, 1.54) is 0 Å². The van der Waals surface area contributed by atoms with Gasteiger partial charge in [0.25, 0.3) is 0 Å². The van der Waals surface area contributed by atoms with Crippen molar-refractivity contribution >= 4 is 18.1 Å². The van der Waals surface area contributed by atoms with Crippen molar-refractivity contribution in [2.45, 2.75) is 13.5 Å². The molecule has 0 heterocycles. The molecule has 0 saturated heterocycles. The summed E-state index contributed by atoms with van der Waals surface area (Å²) in [7, 11) is 0. The van der Waals surface area contributed by atoms with Gasteiger partial charge in [0, 0.05) is 17.9 Å². The second-order valence-electron chi connectivity index (χ2n) is 3.11. The number of benzene rings is 1. The van der Waals surface area contributed by atoms with Crippen LogP contribution in [-0.2, 0) is 6.54 Å². The number of nitrogens with zero attached hydrogens (tertiary/aromatic N) is 1. The second-order valence-corrected chi connectivity index (χ2v) is 3.11. The van der Waals surface area contributed by atoms with E-state index in [-0.39, 0.29) is 0 Å². The van der Waals surface area contributed by atoms with E-state index >= 15 is 0 Å². The Bertz CT molecular complexity index is 356. The van der Waals surface area contributed by atoms with Gasteiger partial charge in [0.2, 0.25) is 0 Å². The zero-order valence-corrected chi connectivity index (χ0v) is 8.38. The van der Waals surface area contributed by atoms with Gasteiger partial charge in [0.05, 0.1) is 5.69 Å². The summed E-state index contributed by atoms with van der Waals surface area (Å²) in [4.78, 5) is 3.88. The van der Waals surface area contributed by atoms with Crippen LogP contribution in [0.2, 0.25) is 0 Å². The fourth-order valence-corrected chi connectivity index (χ4v) is 1.23. The van der Waals surface area contributed by atoms with Crippen LogP contribution in [0.5, 0.6) is 0 Å². The molecule has 0 fully saturated rings. The molecule has 0 aliphatic heterocycles. The van der Waals surface area contributed by atoms with E-state index in [0.29, 0.717) is 6.54 Å². The molecule has 0 radical (unpaired) electrons. The van der Waals surface area contributed by atoms with Crippen molar-refractivity contribution in [3.8, 4) is 0 Å². The Morgan fingerprint density at radius 3 is 2.79 bits per heavy atom. The first kappa shape index (κ1) is 10.5. The molecule has 1 rings (SSSR count). The Morgan fingerprint density at radius 2 is 2.29 bits per heavy atom. The van der Waals surface area contributed by atoms with Crippen molar-refractivity contribution in [2.75, 3.05) is 5.32 Å². The van der Waals surface area contributed by atoms with Gasteiger partial charge in [-0.1, -0.05) is 6.58 Å². The van der Waals surface area contributed by atoms with Gasteiger partial charge in [0.15, 0.2) is 0 Å². The molecule has 0 aliphatic carbocycles. The molecule has 0 amide bonds. The minimum absolute atomic E-state index is 0.458. The van der Waals surface area contributed by atoms with Gasteiger partial charge in [-0.2, -0.15) is 0 Å². The minimum atomic E-state index is 0.458. The van der Waals surface area contributed by atoms with Crippen molar-refractivity contribution in [3.05, 3.63) is 36.0 Å². The zero-order chi connectivity index (χ0) is 10.6. The average molecular weight is 189 g/mol. The minimum Gasteiger partial charge on any atom is -0.360 e. The fraction of sp³-hybridized carbons (Fsp3) is 0.182. The molecule has 0 spiro atoms. The Balaban J connectivity index is 3.01. The molecule has 0 atom stereocenters. The molecule has 0 saturated carbocycles. The van der Waals surface area contributed by atoms with Gasteiger partial charge >= 0.3 is 0 Å². The number of allylic oxidation sites excluding steroid dienone is 1. The van der Waals surface area contributed by atoms with Crippen LogP contribution in [0, 0.1) is 0 Å². The molecular formula is C11H15N3. The Hall–Kier alpha value is -1.61. The number of aliphatic imine (C=N–C) groups is 1. The van der Waals surface area contributed by atoms with Crippen molar-refractivity contribution in [1.82, 2.24) is 0 Å². The lowest BCUT2D eigenvalue weighted by atomic mass is 10.1. The lowest BCUT2D eigenvalue weighted by Crippen LogP contribution is -1.99. The van der Waals surface area contributed by atoms with E-state index < -0.39 is 0 Å². The summed E-state index contributed by atoms with van der Waals surface area (Å²) in [5.74, 6) is 0. The number of rotatable bonds is 4. The highest BCUT2D eigenvalue weighted by molar-refractivity contribution is 5.60. The van der Waals surface area contributed by atoms with E-state index in [9.17, 15) is 0 Å². The Morgan fingerprint density at radius 1 is 1.57 bits per heavy atom. The van der Waals surface area contributed by atoms with E-state index in [4.69, 9.17) is 5.73 Å². The summed E-state index contributed by atoms with van der Waals surface area (Å²) in [5, 5.41) is 3.12. The van der Waals surface area contributed by atoms with Crippen LogP contribution in [0.15, 0.2) is 35.5 Å². The molecule has 3 nitrogen and oxygen atoms in total. The summed E-state index contributed by atoms with van der Waals surface area (Å²) in [5.41, 5.74) is 9.27. The molecule has 14 heavy (non-hydrogen) atoms. The molecule has 3 N–H and O–H groups in total. The maximum absolute atomic E-state index is 5.59. The van der Waals surface area contributed by atoms with Gasteiger partial charge < -0.3 is 11.1 Å².